The molecule has 1 aromatic heterocycles. The fraction of sp³-hybridized carbons (Fsp3) is 0.150. The van der Waals surface area contributed by atoms with Crippen LogP contribution in [-0.2, 0) is 16.0 Å². The van der Waals surface area contributed by atoms with E-state index >= 15 is 0 Å². The molecule has 0 aliphatic carbocycles. The van der Waals surface area contributed by atoms with Crippen LogP contribution in [0.5, 0.6) is 5.75 Å². The molecule has 136 valence electrons. The Morgan fingerprint density at radius 3 is 3.00 bits per heavy atom. The predicted octanol–water partition coefficient (Wildman–Crippen LogP) is 3.63. The summed E-state index contributed by atoms with van der Waals surface area (Å²) in [5, 5.41) is 7.96. The van der Waals surface area contributed by atoms with E-state index in [4.69, 9.17) is 4.74 Å². The maximum Gasteiger partial charge on any atom is 0.264 e. The molecule has 0 radical (unpaired) electrons. The van der Waals surface area contributed by atoms with Crippen LogP contribution in [0.1, 0.15) is 11.1 Å². The molecule has 2 aromatic carbocycles. The number of amides is 2. The summed E-state index contributed by atoms with van der Waals surface area (Å²) in [5.74, 6) is 0.429. The highest BCUT2D eigenvalue weighted by molar-refractivity contribution is 7.14. The van der Waals surface area contributed by atoms with Gasteiger partial charge in [-0.2, -0.15) is 0 Å². The van der Waals surface area contributed by atoms with Gasteiger partial charge in [0.05, 0.1) is 12.1 Å². The number of thiazole rings is 1. The number of nitrogens with zero attached hydrogens (tertiary/aromatic N) is 1. The summed E-state index contributed by atoms with van der Waals surface area (Å²) in [5.41, 5.74) is 4.46. The van der Waals surface area contributed by atoms with Gasteiger partial charge in [-0.3, -0.25) is 14.9 Å². The first-order valence-electron chi connectivity index (χ1n) is 8.45. The number of aryl methyl sites for hydroxylation is 1. The van der Waals surface area contributed by atoms with Crippen molar-refractivity contribution in [3.63, 3.8) is 0 Å². The second kappa shape index (κ2) is 7.20. The van der Waals surface area contributed by atoms with E-state index in [1.165, 1.54) is 11.3 Å². The van der Waals surface area contributed by atoms with Crippen LogP contribution in [0, 0.1) is 6.92 Å². The number of ether oxygens (including phenoxy) is 1. The summed E-state index contributed by atoms with van der Waals surface area (Å²) in [6, 6.07) is 13.3. The summed E-state index contributed by atoms with van der Waals surface area (Å²) >= 11 is 1.35. The molecular formula is C20H17N3O3S. The molecule has 3 aromatic rings. The number of anilines is 2. The van der Waals surface area contributed by atoms with Crippen molar-refractivity contribution < 1.29 is 14.3 Å². The van der Waals surface area contributed by atoms with Gasteiger partial charge in [-0.05, 0) is 36.2 Å². The lowest BCUT2D eigenvalue weighted by atomic mass is 10.1. The highest BCUT2D eigenvalue weighted by Gasteiger charge is 2.18. The van der Waals surface area contributed by atoms with Gasteiger partial charge in [-0.25, -0.2) is 4.98 Å². The summed E-state index contributed by atoms with van der Waals surface area (Å²) in [7, 11) is 0. The van der Waals surface area contributed by atoms with Gasteiger partial charge in [-0.15, -0.1) is 11.3 Å². The van der Waals surface area contributed by atoms with Gasteiger partial charge in [0.15, 0.2) is 11.7 Å². The van der Waals surface area contributed by atoms with Crippen LogP contribution in [0.3, 0.4) is 0 Å². The second-order valence-electron chi connectivity index (χ2n) is 6.24. The van der Waals surface area contributed by atoms with E-state index in [-0.39, 0.29) is 18.4 Å². The number of benzene rings is 2. The quantitative estimate of drug-likeness (QED) is 0.709. The molecule has 0 fully saturated rings. The molecule has 27 heavy (non-hydrogen) atoms. The van der Waals surface area contributed by atoms with Crippen LogP contribution >= 0.6 is 11.3 Å². The average molecular weight is 379 g/mol. The van der Waals surface area contributed by atoms with Crippen LogP contribution in [0.4, 0.5) is 10.8 Å². The van der Waals surface area contributed by atoms with E-state index in [0.29, 0.717) is 17.3 Å². The van der Waals surface area contributed by atoms with Crippen molar-refractivity contribution in [1.29, 1.82) is 0 Å². The third-order valence-corrected chi connectivity index (χ3v) is 4.99. The van der Waals surface area contributed by atoms with Crippen LogP contribution in [0.15, 0.2) is 47.8 Å². The topological polar surface area (TPSA) is 80.3 Å². The summed E-state index contributed by atoms with van der Waals surface area (Å²) < 4.78 is 5.55. The molecular weight excluding hydrogens is 362 g/mol. The van der Waals surface area contributed by atoms with E-state index in [1.807, 2.05) is 54.8 Å². The molecule has 1 aliphatic rings. The lowest BCUT2D eigenvalue weighted by Gasteiger charge is -2.08. The number of carbonyl (C=O) groups is 2. The number of aromatic nitrogens is 1. The van der Waals surface area contributed by atoms with Crippen molar-refractivity contribution >= 4 is 34.0 Å². The average Bonchev–Trinajstić information content (AvgIpc) is 3.25. The van der Waals surface area contributed by atoms with Crippen LogP contribution in [0.25, 0.3) is 11.3 Å². The molecule has 0 spiro atoms. The first kappa shape index (κ1) is 17.2. The molecule has 0 atom stereocenters. The van der Waals surface area contributed by atoms with Gasteiger partial charge in [0.1, 0.15) is 5.75 Å². The van der Waals surface area contributed by atoms with Crippen molar-refractivity contribution in [2.45, 2.75) is 13.3 Å². The second-order valence-corrected chi connectivity index (χ2v) is 7.10. The molecule has 7 heteroatoms. The number of fused-ring (bicyclic) bond motifs is 1. The van der Waals surface area contributed by atoms with Crippen LogP contribution in [-0.4, -0.2) is 23.4 Å². The predicted molar refractivity (Wildman–Crippen MR) is 105 cm³/mol. The third kappa shape index (κ3) is 3.83. The Hall–Kier alpha value is -3.19. The first-order chi connectivity index (χ1) is 13.1. The highest BCUT2D eigenvalue weighted by Crippen LogP contribution is 2.30. The Balaban J connectivity index is 1.40. The SMILES string of the molecule is Cc1ccccc1OCC(=O)Nc1nc(-c2ccc3c(c2)CC(=O)N3)cs1. The zero-order valence-corrected chi connectivity index (χ0v) is 15.4. The van der Waals surface area contributed by atoms with E-state index in [2.05, 4.69) is 15.6 Å². The smallest absolute Gasteiger partial charge is 0.264 e. The molecule has 2 N–H and O–H groups in total. The largest absolute Gasteiger partial charge is 0.483 e. The minimum absolute atomic E-state index is 0.00188. The summed E-state index contributed by atoms with van der Waals surface area (Å²) in [6.07, 6.45) is 0.382. The number of carbonyl (C=O) groups excluding carboxylic acids is 2. The molecule has 0 unspecified atom stereocenters. The van der Waals surface area contributed by atoms with E-state index in [0.717, 1.165) is 28.1 Å². The number of para-hydroxylation sites is 1. The van der Waals surface area contributed by atoms with Gasteiger partial charge in [0, 0.05) is 16.6 Å². The van der Waals surface area contributed by atoms with Crippen LogP contribution < -0.4 is 15.4 Å². The van der Waals surface area contributed by atoms with E-state index in [9.17, 15) is 9.59 Å². The molecule has 2 heterocycles. The molecule has 4 rings (SSSR count). The molecule has 1 aliphatic heterocycles. The maximum atomic E-state index is 12.1. The number of rotatable bonds is 5. The Bertz CT molecular complexity index is 1030. The fourth-order valence-electron chi connectivity index (χ4n) is 2.87. The normalized spacial score (nSPS) is 12.4. The van der Waals surface area contributed by atoms with Crippen molar-refractivity contribution in [2.24, 2.45) is 0 Å². The van der Waals surface area contributed by atoms with Crippen LogP contribution in [0.2, 0.25) is 0 Å². The first-order valence-corrected chi connectivity index (χ1v) is 9.33. The van der Waals surface area contributed by atoms with Gasteiger partial charge in [-0.1, -0.05) is 24.3 Å². The minimum Gasteiger partial charge on any atom is -0.483 e. The monoisotopic (exact) mass is 379 g/mol. The van der Waals surface area contributed by atoms with Crippen molar-refractivity contribution in [3.05, 3.63) is 59.0 Å². The van der Waals surface area contributed by atoms with Crippen molar-refractivity contribution in [2.75, 3.05) is 17.2 Å². The van der Waals surface area contributed by atoms with E-state index in [1.54, 1.807) is 0 Å². The lowest BCUT2D eigenvalue weighted by Crippen LogP contribution is -2.20. The molecule has 0 saturated heterocycles. The summed E-state index contributed by atoms with van der Waals surface area (Å²) in [6.45, 7) is 1.85. The molecule has 0 saturated carbocycles. The maximum absolute atomic E-state index is 12.1. The molecule has 2 amide bonds. The standard InChI is InChI=1S/C20H17N3O3S/c1-12-4-2-3-5-17(12)26-10-19(25)23-20-22-16(11-27-20)13-6-7-15-14(8-13)9-18(24)21-15/h2-8,11H,9-10H2,1H3,(H,21,24)(H,22,23,25). The van der Waals surface area contributed by atoms with Gasteiger partial charge in [0.2, 0.25) is 5.91 Å². The number of nitrogens with one attached hydrogen (secondary N) is 2. The van der Waals surface area contributed by atoms with Gasteiger partial charge < -0.3 is 10.1 Å². The fourth-order valence-corrected chi connectivity index (χ4v) is 3.61. The van der Waals surface area contributed by atoms with Crippen molar-refractivity contribution in [3.8, 4) is 17.0 Å². The number of hydrogen-bond donors (Lipinski definition) is 2. The van der Waals surface area contributed by atoms with Crippen molar-refractivity contribution in [1.82, 2.24) is 4.98 Å². The Kier molecular flexibility index (Phi) is 4.60. The minimum atomic E-state index is -0.261. The van der Waals surface area contributed by atoms with E-state index < -0.39 is 0 Å². The van der Waals surface area contributed by atoms with Gasteiger partial charge in [0.25, 0.3) is 5.91 Å². The Morgan fingerprint density at radius 1 is 1.30 bits per heavy atom. The zero-order valence-electron chi connectivity index (χ0n) is 14.6. The molecule has 6 nitrogen and oxygen atoms in total. The third-order valence-electron chi connectivity index (χ3n) is 4.23. The number of hydrogen-bond acceptors (Lipinski definition) is 5. The Labute approximate surface area is 160 Å². The van der Waals surface area contributed by atoms with Gasteiger partial charge >= 0.3 is 0 Å². The lowest BCUT2D eigenvalue weighted by molar-refractivity contribution is -0.118. The Morgan fingerprint density at radius 2 is 2.15 bits per heavy atom. The zero-order chi connectivity index (χ0) is 18.8. The molecule has 0 bridgehead atoms. The summed E-state index contributed by atoms with van der Waals surface area (Å²) in [4.78, 5) is 28.1. The highest BCUT2D eigenvalue weighted by atomic mass is 32.1.